The Balaban J connectivity index is 1.27. The van der Waals surface area contributed by atoms with Gasteiger partial charge in [-0.1, -0.05) is 0 Å². The zero-order chi connectivity index (χ0) is 17.9. The number of ketones is 1. The molecule has 6 nitrogen and oxygen atoms in total. The van der Waals surface area contributed by atoms with Gasteiger partial charge < -0.3 is 14.8 Å². The van der Waals surface area contributed by atoms with E-state index < -0.39 is 0 Å². The Hall–Kier alpha value is -2.08. The van der Waals surface area contributed by atoms with E-state index in [1.807, 2.05) is 12.1 Å². The lowest BCUT2D eigenvalue weighted by Gasteiger charge is -2.30. The molecule has 6 heteroatoms. The number of rotatable bonds is 6. The zero-order valence-corrected chi connectivity index (χ0v) is 15.0. The van der Waals surface area contributed by atoms with Gasteiger partial charge in [0, 0.05) is 18.0 Å². The van der Waals surface area contributed by atoms with Crippen LogP contribution in [0.2, 0.25) is 0 Å². The van der Waals surface area contributed by atoms with Gasteiger partial charge in [0.05, 0.1) is 6.54 Å². The molecule has 140 valence electrons. The number of nitrogens with zero attached hydrogens (tertiary/aromatic N) is 1. The number of ether oxygens (including phenoxy) is 2. The van der Waals surface area contributed by atoms with Crippen LogP contribution in [0.25, 0.3) is 0 Å². The Morgan fingerprint density at radius 3 is 2.50 bits per heavy atom. The van der Waals surface area contributed by atoms with Gasteiger partial charge in [-0.25, -0.2) is 0 Å². The second-order valence-electron chi connectivity index (χ2n) is 7.52. The molecule has 1 saturated carbocycles. The largest absolute Gasteiger partial charge is 0.486 e. The van der Waals surface area contributed by atoms with Gasteiger partial charge in [-0.3, -0.25) is 14.5 Å². The quantitative estimate of drug-likeness (QED) is 0.787. The van der Waals surface area contributed by atoms with Crippen molar-refractivity contribution in [2.75, 3.05) is 39.4 Å². The van der Waals surface area contributed by atoms with Crippen LogP contribution in [0, 0.1) is 11.8 Å². The first kappa shape index (κ1) is 17.3. The number of hydrogen-bond donors (Lipinski definition) is 1. The maximum absolute atomic E-state index is 12.8. The summed E-state index contributed by atoms with van der Waals surface area (Å²) in [6, 6.07) is 5.45. The van der Waals surface area contributed by atoms with Crippen LogP contribution in [0.5, 0.6) is 11.5 Å². The van der Waals surface area contributed by atoms with Crippen LogP contribution < -0.4 is 14.8 Å². The van der Waals surface area contributed by atoms with Crippen LogP contribution in [0.3, 0.4) is 0 Å². The molecule has 0 aromatic heterocycles. The monoisotopic (exact) mass is 358 g/mol. The van der Waals surface area contributed by atoms with Crippen molar-refractivity contribution < 1.29 is 19.1 Å². The Morgan fingerprint density at radius 2 is 1.77 bits per heavy atom. The number of carbonyl (C=O) groups is 2. The fourth-order valence-corrected chi connectivity index (χ4v) is 3.62. The summed E-state index contributed by atoms with van der Waals surface area (Å²) in [6.07, 6.45) is 4.08. The molecular formula is C20H26N2O4. The molecule has 1 aliphatic carbocycles. The van der Waals surface area contributed by atoms with Gasteiger partial charge >= 0.3 is 0 Å². The van der Waals surface area contributed by atoms with Crippen LogP contribution in [0.1, 0.15) is 36.0 Å². The number of hydrogen-bond acceptors (Lipinski definition) is 5. The van der Waals surface area contributed by atoms with Gasteiger partial charge in [0.2, 0.25) is 5.91 Å². The molecule has 1 N–H and O–H groups in total. The topological polar surface area (TPSA) is 67.9 Å². The van der Waals surface area contributed by atoms with Crippen molar-refractivity contribution in [2.24, 2.45) is 11.8 Å². The Labute approximate surface area is 153 Å². The molecule has 0 unspecified atom stereocenters. The lowest BCUT2D eigenvalue weighted by atomic mass is 9.88. The first-order chi connectivity index (χ1) is 12.7. The molecule has 3 aliphatic rings. The molecule has 1 aromatic carbocycles. The molecule has 0 bridgehead atoms. The first-order valence-corrected chi connectivity index (χ1v) is 9.62. The second-order valence-corrected chi connectivity index (χ2v) is 7.52. The molecule has 1 amide bonds. The minimum absolute atomic E-state index is 0.0170. The Bertz CT molecular complexity index is 678. The molecule has 2 aliphatic heterocycles. The van der Waals surface area contributed by atoms with E-state index >= 15 is 0 Å². The number of Topliss-reactive ketones (excluding diaryl/α,β-unsaturated/α-hetero) is 1. The summed E-state index contributed by atoms with van der Waals surface area (Å²) in [5, 5.41) is 3.01. The highest BCUT2D eigenvalue weighted by Crippen LogP contribution is 2.32. The summed E-state index contributed by atoms with van der Waals surface area (Å²) in [5.74, 6) is 2.36. The van der Waals surface area contributed by atoms with Gasteiger partial charge in [0.1, 0.15) is 13.2 Å². The van der Waals surface area contributed by atoms with E-state index in [-0.39, 0.29) is 17.6 Å². The molecule has 1 saturated heterocycles. The van der Waals surface area contributed by atoms with Crippen molar-refractivity contribution in [3.05, 3.63) is 23.8 Å². The molecule has 26 heavy (non-hydrogen) atoms. The molecule has 0 atom stereocenters. The number of carbonyl (C=O) groups excluding carboxylic acids is 2. The third-order valence-corrected chi connectivity index (χ3v) is 5.44. The van der Waals surface area contributed by atoms with Gasteiger partial charge in [-0.15, -0.1) is 0 Å². The fraction of sp³-hybridized carbons (Fsp3) is 0.600. The summed E-state index contributed by atoms with van der Waals surface area (Å²) < 4.78 is 11.1. The molecule has 1 aromatic rings. The molecule has 4 rings (SSSR count). The predicted molar refractivity (Wildman–Crippen MR) is 96.7 cm³/mol. The SMILES string of the molecule is O=C(CN1CCC(C(=O)c2ccc3c(c2)OCCO3)CC1)NCC1CC1. The number of nitrogens with one attached hydrogen (secondary N) is 1. The third-order valence-electron chi connectivity index (χ3n) is 5.44. The minimum Gasteiger partial charge on any atom is -0.486 e. The van der Waals surface area contributed by atoms with E-state index in [0.717, 1.165) is 32.5 Å². The number of benzene rings is 1. The lowest BCUT2D eigenvalue weighted by Crippen LogP contribution is -2.43. The lowest BCUT2D eigenvalue weighted by molar-refractivity contribution is -0.122. The number of fused-ring (bicyclic) bond motifs is 1. The van der Waals surface area contributed by atoms with Crippen molar-refractivity contribution in [3.8, 4) is 11.5 Å². The van der Waals surface area contributed by atoms with E-state index in [1.54, 1.807) is 6.07 Å². The number of piperidine rings is 1. The second kappa shape index (κ2) is 7.66. The smallest absolute Gasteiger partial charge is 0.234 e. The zero-order valence-electron chi connectivity index (χ0n) is 15.0. The maximum atomic E-state index is 12.8. The molecule has 0 spiro atoms. The average molecular weight is 358 g/mol. The maximum Gasteiger partial charge on any atom is 0.234 e. The minimum atomic E-state index is 0.0170. The molecular weight excluding hydrogens is 332 g/mol. The van der Waals surface area contributed by atoms with Crippen LogP contribution in [-0.2, 0) is 4.79 Å². The summed E-state index contributed by atoms with van der Waals surface area (Å²) >= 11 is 0. The van der Waals surface area contributed by atoms with Crippen molar-refractivity contribution in [2.45, 2.75) is 25.7 Å². The first-order valence-electron chi connectivity index (χ1n) is 9.62. The van der Waals surface area contributed by atoms with E-state index in [0.29, 0.717) is 42.7 Å². The van der Waals surface area contributed by atoms with Crippen molar-refractivity contribution in [3.63, 3.8) is 0 Å². The predicted octanol–water partition coefficient (Wildman–Crippen LogP) is 1.88. The highest BCUT2D eigenvalue weighted by atomic mass is 16.6. The van der Waals surface area contributed by atoms with Gasteiger partial charge in [-0.2, -0.15) is 0 Å². The normalized spacial score (nSPS) is 20.6. The molecule has 0 radical (unpaired) electrons. The van der Waals surface area contributed by atoms with Crippen molar-refractivity contribution >= 4 is 11.7 Å². The van der Waals surface area contributed by atoms with E-state index in [9.17, 15) is 9.59 Å². The highest BCUT2D eigenvalue weighted by molar-refractivity contribution is 5.98. The van der Waals surface area contributed by atoms with Crippen LogP contribution >= 0.6 is 0 Å². The summed E-state index contributed by atoms with van der Waals surface area (Å²) in [4.78, 5) is 26.9. The van der Waals surface area contributed by atoms with E-state index in [1.165, 1.54) is 12.8 Å². The molecule has 2 fully saturated rings. The number of likely N-dealkylation sites (tertiary alicyclic amines) is 1. The van der Waals surface area contributed by atoms with Gasteiger partial charge in [0.25, 0.3) is 0 Å². The fourth-order valence-electron chi connectivity index (χ4n) is 3.62. The van der Waals surface area contributed by atoms with Gasteiger partial charge in [-0.05, 0) is 62.9 Å². The Morgan fingerprint density at radius 1 is 1.04 bits per heavy atom. The van der Waals surface area contributed by atoms with Crippen molar-refractivity contribution in [1.29, 1.82) is 0 Å². The molecule has 2 heterocycles. The third kappa shape index (κ3) is 4.18. The van der Waals surface area contributed by atoms with E-state index in [2.05, 4.69) is 10.2 Å². The summed E-state index contributed by atoms with van der Waals surface area (Å²) in [7, 11) is 0. The van der Waals surface area contributed by atoms with Crippen LogP contribution in [0.4, 0.5) is 0 Å². The standard InChI is InChI=1S/C20H26N2O4/c23-19(21-12-14-1-2-14)13-22-7-5-15(6-8-22)20(24)16-3-4-17-18(11-16)26-10-9-25-17/h3-4,11,14-15H,1-2,5-10,12-13H2,(H,21,23). The van der Waals surface area contributed by atoms with E-state index in [4.69, 9.17) is 9.47 Å². The van der Waals surface area contributed by atoms with Crippen LogP contribution in [0.15, 0.2) is 18.2 Å². The van der Waals surface area contributed by atoms with Crippen LogP contribution in [-0.4, -0.2) is 56.0 Å². The summed E-state index contributed by atoms with van der Waals surface area (Å²) in [5.41, 5.74) is 0.690. The highest BCUT2D eigenvalue weighted by Gasteiger charge is 2.28. The van der Waals surface area contributed by atoms with Crippen molar-refractivity contribution in [1.82, 2.24) is 10.2 Å². The average Bonchev–Trinajstić information content (AvgIpc) is 3.50. The number of amides is 1. The Kier molecular flexibility index (Phi) is 5.11. The van der Waals surface area contributed by atoms with Gasteiger partial charge in [0.15, 0.2) is 17.3 Å². The summed E-state index contributed by atoms with van der Waals surface area (Å²) in [6.45, 7) is 3.91.